The molecule has 1 aromatic rings. The van der Waals surface area contributed by atoms with Crippen molar-refractivity contribution < 1.29 is 23.5 Å². The number of carbonyl (C=O) groups excluding carboxylic acids is 1. The van der Waals surface area contributed by atoms with E-state index < -0.39 is 29.8 Å². The molecule has 0 fully saturated rings. The fourth-order valence-electron chi connectivity index (χ4n) is 1.71. The number of para-hydroxylation sites is 1. The highest BCUT2D eigenvalue weighted by molar-refractivity contribution is 6.05. The van der Waals surface area contributed by atoms with Crippen molar-refractivity contribution in [2.75, 3.05) is 5.32 Å². The van der Waals surface area contributed by atoms with Crippen molar-refractivity contribution in [2.45, 2.75) is 12.1 Å². The summed E-state index contributed by atoms with van der Waals surface area (Å²) in [5.74, 6) is -4.76. The molecule has 0 aliphatic carbocycles. The molecule has 0 radical (unpaired) electrons. The minimum absolute atomic E-state index is 0.0416. The predicted octanol–water partition coefficient (Wildman–Crippen LogP) is 1.28. The van der Waals surface area contributed by atoms with Gasteiger partial charge in [0, 0.05) is 0 Å². The van der Waals surface area contributed by atoms with E-state index in [-0.39, 0.29) is 11.3 Å². The zero-order valence-electron chi connectivity index (χ0n) is 7.91. The topological polar surface area (TPSA) is 66.4 Å². The van der Waals surface area contributed by atoms with Gasteiger partial charge in [-0.05, 0) is 11.6 Å². The normalized spacial score (nSPS) is 20.1. The Morgan fingerprint density at radius 1 is 1.50 bits per heavy atom. The van der Waals surface area contributed by atoms with Crippen molar-refractivity contribution in [3.05, 3.63) is 29.6 Å². The van der Waals surface area contributed by atoms with Crippen LogP contribution in [0.25, 0.3) is 0 Å². The number of amides is 1. The molecule has 0 saturated heterocycles. The van der Waals surface area contributed by atoms with E-state index in [4.69, 9.17) is 5.11 Å². The molecule has 1 aliphatic rings. The molecule has 1 heterocycles. The van der Waals surface area contributed by atoms with E-state index in [1.165, 1.54) is 12.1 Å². The van der Waals surface area contributed by atoms with Gasteiger partial charge in [0.2, 0.25) is 12.1 Å². The molecule has 0 spiro atoms. The quantitative estimate of drug-likeness (QED) is 0.799. The summed E-state index contributed by atoms with van der Waals surface area (Å²) in [5, 5.41) is 10.6. The first-order valence-corrected chi connectivity index (χ1v) is 4.48. The summed E-state index contributed by atoms with van der Waals surface area (Å²) in [7, 11) is 0. The number of benzene rings is 1. The van der Waals surface area contributed by atoms with E-state index in [0.29, 0.717) is 0 Å². The number of carboxylic acid groups (broad SMARTS) is 1. The first-order chi connectivity index (χ1) is 7.52. The lowest BCUT2D eigenvalue weighted by molar-refractivity contribution is -0.145. The minimum atomic E-state index is -2.37. The molecule has 84 valence electrons. The molecule has 2 atom stereocenters. The third-order valence-corrected chi connectivity index (χ3v) is 2.44. The van der Waals surface area contributed by atoms with Gasteiger partial charge in [-0.2, -0.15) is 0 Å². The lowest BCUT2D eigenvalue weighted by atomic mass is 9.96. The SMILES string of the molecule is O=C(O)C(F)C1C(=O)Nc2c(F)cccc21. The average Bonchev–Trinajstić information content (AvgIpc) is 2.55. The number of alkyl halides is 1. The van der Waals surface area contributed by atoms with Gasteiger partial charge in [0.25, 0.3) is 0 Å². The smallest absolute Gasteiger partial charge is 0.339 e. The van der Waals surface area contributed by atoms with Crippen molar-refractivity contribution in [1.29, 1.82) is 0 Å². The first-order valence-electron chi connectivity index (χ1n) is 4.48. The van der Waals surface area contributed by atoms with Gasteiger partial charge >= 0.3 is 5.97 Å². The average molecular weight is 227 g/mol. The van der Waals surface area contributed by atoms with Crippen LogP contribution in [0.4, 0.5) is 14.5 Å². The van der Waals surface area contributed by atoms with Crippen molar-refractivity contribution in [1.82, 2.24) is 0 Å². The number of hydrogen-bond acceptors (Lipinski definition) is 2. The van der Waals surface area contributed by atoms with Gasteiger partial charge in [0.1, 0.15) is 11.7 Å². The largest absolute Gasteiger partial charge is 0.479 e. The van der Waals surface area contributed by atoms with Gasteiger partial charge in [-0.15, -0.1) is 0 Å². The minimum Gasteiger partial charge on any atom is -0.479 e. The Morgan fingerprint density at radius 2 is 2.19 bits per heavy atom. The highest BCUT2D eigenvalue weighted by Gasteiger charge is 2.42. The molecule has 2 unspecified atom stereocenters. The number of aliphatic carboxylic acids is 1. The molecule has 2 N–H and O–H groups in total. The Morgan fingerprint density at radius 3 is 2.81 bits per heavy atom. The zero-order chi connectivity index (χ0) is 11.9. The summed E-state index contributed by atoms with van der Waals surface area (Å²) in [6, 6.07) is 3.74. The van der Waals surface area contributed by atoms with Crippen LogP contribution in [-0.2, 0) is 9.59 Å². The highest BCUT2D eigenvalue weighted by atomic mass is 19.1. The van der Waals surface area contributed by atoms with Crippen molar-refractivity contribution in [2.24, 2.45) is 0 Å². The van der Waals surface area contributed by atoms with Crippen LogP contribution < -0.4 is 5.32 Å². The van der Waals surface area contributed by atoms with Gasteiger partial charge in [0.05, 0.1) is 5.69 Å². The number of rotatable bonds is 2. The molecule has 0 saturated carbocycles. The van der Waals surface area contributed by atoms with E-state index in [9.17, 15) is 18.4 Å². The van der Waals surface area contributed by atoms with E-state index in [2.05, 4.69) is 5.32 Å². The van der Waals surface area contributed by atoms with Gasteiger partial charge in [0.15, 0.2) is 0 Å². The van der Waals surface area contributed by atoms with Crippen LogP contribution in [0.3, 0.4) is 0 Å². The molecular weight excluding hydrogens is 220 g/mol. The number of fused-ring (bicyclic) bond motifs is 1. The van der Waals surface area contributed by atoms with Gasteiger partial charge < -0.3 is 10.4 Å². The number of carbonyl (C=O) groups is 2. The number of hydrogen-bond donors (Lipinski definition) is 2. The van der Waals surface area contributed by atoms with Crippen LogP contribution >= 0.6 is 0 Å². The Labute approximate surface area is 88.9 Å². The molecule has 1 amide bonds. The molecule has 1 aliphatic heterocycles. The second-order valence-electron chi connectivity index (χ2n) is 3.41. The molecule has 1 aromatic carbocycles. The van der Waals surface area contributed by atoms with Gasteiger partial charge in [-0.25, -0.2) is 13.6 Å². The summed E-state index contributed by atoms with van der Waals surface area (Å²) in [4.78, 5) is 21.8. The fourth-order valence-corrected chi connectivity index (χ4v) is 1.71. The second-order valence-corrected chi connectivity index (χ2v) is 3.41. The van der Waals surface area contributed by atoms with Crippen LogP contribution in [0.1, 0.15) is 11.5 Å². The maximum Gasteiger partial charge on any atom is 0.339 e. The third-order valence-electron chi connectivity index (χ3n) is 2.44. The first kappa shape index (κ1) is 10.5. The Kier molecular flexibility index (Phi) is 2.34. The molecular formula is C10H7F2NO3. The van der Waals surface area contributed by atoms with Crippen molar-refractivity contribution in [3.8, 4) is 0 Å². The monoisotopic (exact) mass is 227 g/mol. The van der Waals surface area contributed by atoms with E-state index in [1.54, 1.807) is 0 Å². The number of anilines is 1. The van der Waals surface area contributed by atoms with E-state index in [0.717, 1.165) is 6.07 Å². The summed E-state index contributed by atoms with van der Waals surface area (Å²) >= 11 is 0. The molecule has 2 rings (SSSR count). The maximum atomic E-state index is 13.3. The number of halogens is 2. The summed E-state index contributed by atoms with van der Waals surface area (Å²) in [6.07, 6.45) is -2.37. The van der Waals surface area contributed by atoms with E-state index in [1.807, 2.05) is 0 Å². The number of carboxylic acids is 1. The standard InChI is InChI=1S/C10H7F2NO3/c11-5-3-1-2-4-6(7(12)10(15)16)9(14)13-8(4)5/h1-3,6-7H,(H,13,14)(H,15,16). The maximum absolute atomic E-state index is 13.3. The second kappa shape index (κ2) is 3.55. The highest BCUT2D eigenvalue weighted by Crippen LogP contribution is 2.37. The molecule has 0 aromatic heterocycles. The lowest BCUT2D eigenvalue weighted by Crippen LogP contribution is -2.28. The molecule has 4 nitrogen and oxygen atoms in total. The van der Waals surface area contributed by atoms with Crippen LogP contribution in [0.15, 0.2) is 18.2 Å². The van der Waals surface area contributed by atoms with E-state index >= 15 is 0 Å². The molecule has 0 bridgehead atoms. The predicted molar refractivity (Wildman–Crippen MR) is 50.3 cm³/mol. The van der Waals surface area contributed by atoms with Crippen LogP contribution in [0.5, 0.6) is 0 Å². The Bertz CT molecular complexity index is 475. The van der Waals surface area contributed by atoms with Gasteiger partial charge in [-0.1, -0.05) is 12.1 Å². The molecule has 6 heteroatoms. The van der Waals surface area contributed by atoms with Gasteiger partial charge in [-0.3, -0.25) is 4.79 Å². The summed E-state index contributed by atoms with van der Waals surface area (Å²) in [6.45, 7) is 0. The van der Waals surface area contributed by atoms with Crippen molar-refractivity contribution in [3.63, 3.8) is 0 Å². The Balaban J connectivity index is 2.48. The van der Waals surface area contributed by atoms with Crippen LogP contribution in [0.2, 0.25) is 0 Å². The summed E-state index contributed by atoms with van der Waals surface area (Å²) < 4.78 is 26.5. The third kappa shape index (κ3) is 1.42. The van der Waals surface area contributed by atoms with Crippen molar-refractivity contribution >= 4 is 17.6 Å². The number of nitrogens with one attached hydrogen (secondary N) is 1. The van der Waals surface area contributed by atoms with Crippen LogP contribution in [0, 0.1) is 5.82 Å². The zero-order valence-corrected chi connectivity index (χ0v) is 7.91. The fraction of sp³-hybridized carbons (Fsp3) is 0.200. The Hall–Kier alpha value is -1.98. The van der Waals surface area contributed by atoms with Crippen LogP contribution in [-0.4, -0.2) is 23.2 Å². The summed E-state index contributed by atoms with van der Waals surface area (Å²) in [5.41, 5.74) is -0.0960. The lowest BCUT2D eigenvalue weighted by Gasteiger charge is -2.09. The molecule has 16 heavy (non-hydrogen) atoms.